The third kappa shape index (κ3) is 5.09. The predicted octanol–water partition coefficient (Wildman–Crippen LogP) is 0.354. The van der Waals surface area contributed by atoms with Gasteiger partial charge in [0.2, 0.25) is 0 Å². The van der Waals surface area contributed by atoms with Crippen molar-refractivity contribution in [1.82, 2.24) is 0 Å². The van der Waals surface area contributed by atoms with Crippen molar-refractivity contribution in [2.45, 2.75) is 12.5 Å². The summed E-state index contributed by atoms with van der Waals surface area (Å²) in [4.78, 5) is 10.4. The van der Waals surface area contributed by atoms with E-state index in [1.165, 1.54) is 7.11 Å². The summed E-state index contributed by atoms with van der Waals surface area (Å²) >= 11 is 0. The summed E-state index contributed by atoms with van der Waals surface area (Å²) in [6.45, 7) is 0. The molecule has 0 heterocycles. The average Bonchev–Trinajstić information content (AvgIpc) is 1.87. The van der Waals surface area contributed by atoms with E-state index in [9.17, 15) is 4.79 Å². The van der Waals surface area contributed by atoms with Gasteiger partial charge >= 0.3 is 5.97 Å². The van der Waals surface area contributed by atoms with Crippen LogP contribution in [-0.2, 0) is 20.4 Å². The Morgan fingerprint density at radius 1 is 1.64 bits per heavy atom. The average molecular weight is 179 g/mol. The minimum Gasteiger partial charge on any atom is -0.479 e. The second-order valence-corrected chi connectivity index (χ2v) is 4.92. The van der Waals surface area contributed by atoms with Crippen molar-refractivity contribution in [3.63, 3.8) is 0 Å². The Morgan fingerprint density at radius 3 is 2.45 bits per heavy atom. The largest absolute Gasteiger partial charge is 0.479 e. The molecule has 0 saturated heterocycles. The highest BCUT2D eigenvalue weighted by Gasteiger charge is 2.18. The van der Waals surface area contributed by atoms with Crippen molar-refractivity contribution >= 4 is 16.9 Å². The molecule has 0 radical (unpaired) electrons. The van der Waals surface area contributed by atoms with Crippen LogP contribution in [0.25, 0.3) is 0 Å². The Morgan fingerprint density at radius 2 is 2.18 bits per heavy atom. The summed E-state index contributed by atoms with van der Waals surface area (Å²) in [6, 6.07) is 0. The van der Waals surface area contributed by atoms with Crippen LogP contribution < -0.4 is 0 Å². The Bertz CT molecular complexity index is 125. The Balaban J connectivity index is 3.61. The normalized spacial score (nSPS) is 13.5. The molecule has 0 saturated carbocycles. The summed E-state index contributed by atoms with van der Waals surface area (Å²) in [5, 5.41) is 8.56. The molecular weight excluding hydrogens is 164 g/mol. The molecule has 0 rings (SSSR count). The van der Waals surface area contributed by atoms with Gasteiger partial charge in [-0.1, -0.05) is 0 Å². The Hall–Kier alpha value is -0.220. The van der Waals surface area contributed by atoms with Gasteiger partial charge in [-0.15, -0.1) is 0 Å². The Labute approximate surface area is 70.1 Å². The number of hydrogen-bond donors (Lipinski definition) is 1. The molecule has 0 aromatic heterocycles. The summed E-state index contributed by atoms with van der Waals surface area (Å²) < 4.78 is 4.77. The van der Waals surface area contributed by atoms with Crippen LogP contribution in [0.3, 0.4) is 0 Å². The lowest BCUT2D eigenvalue weighted by Gasteiger charge is -2.07. The first-order valence-corrected chi connectivity index (χ1v) is 5.58. The summed E-state index contributed by atoms with van der Waals surface area (Å²) in [5.74, 6) is 0.0584. The zero-order valence-electron chi connectivity index (χ0n) is 7.16. The molecule has 0 aliphatic rings. The first kappa shape index (κ1) is 10.8. The maximum atomic E-state index is 10.4. The van der Waals surface area contributed by atoms with E-state index in [1.807, 2.05) is 0 Å². The van der Waals surface area contributed by atoms with E-state index in [1.54, 1.807) is 0 Å². The molecule has 0 aromatic rings. The number of methoxy groups -OCH3 is 1. The van der Waals surface area contributed by atoms with Crippen molar-refractivity contribution < 1.29 is 14.6 Å². The van der Waals surface area contributed by atoms with E-state index in [0.29, 0.717) is 17.3 Å². The fraction of sp³-hybridized carbons (Fsp3) is 0.857. The number of aliphatic carboxylic acids is 1. The van der Waals surface area contributed by atoms with Gasteiger partial charge in [-0.3, -0.25) is 0 Å². The van der Waals surface area contributed by atoms with Gasteiger partial charge in [0, 0.05) is 13.5 Å². The van der Waals surface area contributed by atoms with Gasteiger partial charge in [0.05, 0.1) is 12.5 Å². The highest BCUT2D eigenvalue weighted by Crippen LogP contribution is 2.00. The van der Waals surface area contributed by atoms with Gasteiger partial charge < -0.3 is 9.84 Å². The first-order valence-electron chi connectivity index (χ1n) is 3.37. The highest BCUT2D eigenvalue weighted by molar-refractivity contribution is 7.95. The summed E-state index contributed by atoms with van der Waals surface area (Å²) in [6.07, 6.45) is 4.18. The lowest BCUT2D eigenvalue weighted by molar-refractivity contribution is -0.148. The molecule has 11 heavy (non-hydrogen) atoms. The maximum absolute atomic E-state index is 10.4. The van der Waals surface area contributed by atoms with E-state index < -0.39 is 12.1 Å². The van der Waals surface area contributed by atoms with Crippen LogP contribution >= 0.6 is 0 Å². The van der Waals surface area contributed by atoms with E-state index in [0.717, 1.165) is 5.75 Å². The van der Waals surface area contributed by atoms with Gasteiger partial charge in [0.1, 0.15) is 5.75 Å². The number of hydrogen-bond acceptors (Lipinski definition) is 2. The van der Waals surface area contributed by atoms with Crippen molar-refractivity contribution in [3.05, 3.63) is 0 Å². The van der Waals surface area contributed by atoms with Crippen molar-refractivity contribution in [1.29, 1.82) is 0 Å². The molecule has 0 unspecified atom stereocenters. The van der Waals surface area contributed by atoms with E-state index >= 15 is 0 Å². The van der Waals surface area contributed by atoms with Crippen LogP contribution in [0.4, 0.5) is 0 Å². The van der Waals surface area contributed by atoms with Crippen molar-refractivity contribution in [3.8, 4) is 0 Å². The predicted molar refractivity (Wildman–Crippen MR) is 47.1 cm³/mol. The van der Waals surface area contributed by atoms with Gasteiger partial charge in [-0.25, -0.2) is 4.79 Å². The SMILES string of the molecule is CO[C@@H](CC[S+](C)C)C(=O)O. The monoisotopic (exact) mass is 179 g/mol. The van der Waals surface area contributed by atoms with Crippen LogP contribution in [0, 0.1) is 0 Å². The fourth-order valence-electron chi connectivity index (χ4n) is 0.685. The van der Waals surface area contributed by atoms with Gasteiger partial charge in [-0.05, 0) is 10.9 Å². The third-order valence-electron chi connectivity index (χ3n) is 1.35. The smallest absolute Gasteiger partial charge is 0.332 e. The van der Waals surface area contributed by atoms with Crippen molar-refractivity contribution in [2.24, 2.45) is 0 Å². The van der Waals surface area contributed by atoms with Gasteiger partial charge in [0.15, 0.2) is 6.10 Å². The van der Waals surface area contributed by atoms with E-state index in [4.69, 9.17) is 9.84 Å². The molecule has 1 atom stereocenters. The van der Waals surface area contributed by atoms with E-state index in [2.05, 4.69) is 12.5 Å². The molecular formula is C7H15O3S+. The second-order valence-electron chi connectivity index (χ2n) is 2.54. The van der Waals surface area contributed by atoms with Gasteiger partial charge in [0.25, 0.3) is 0 Å². The lowest BCUT2D eigenvalue weighted by Crippen LogP contribution is -2.25. The number of ether oxygens (including phenoxy) is 1. The minimum atomic E-state index is -0.863. The highest BCUT2D eigenvalue weighted by atomic mass is 32.2. The molecule has 0 bridgehead atoms. The standard InChI is InChI=1S/C7H14O3S/c1-10-6(7(8)9)4-5-11(2)3/h6H,4-5H2,1-3H3/p+1/t6-/m0/s1. The quantitative estimate of drug-likeness (QED) is 0.620. The van der Waals surface area contributed by atoms with E-state index in [-0.39, 0.29) is 0 Å². The zero-order valence-corrected chi connectivity index (χ0v) is 7.98. The summed E-state index contributed by atoms with van der Waals surface area (Å²) in [7, 11) is 1.74. The molecule has 1 N–H and O–H groups in total. The topological polar surface area (TPSA) is 46.5 Å². The molecule has 0 spiro atoms. The zero-order chi connectivity index (χ0) is 8.85. The van der Waals surface area contributed by atoms with Crippen LogP contribution in [-0.4, -0.2) is 42.6 Å². The van der Waals surface area contributed by atoms with Crippen LogP contribution in [0.1, 0.15) is 6.42 Å². The summed E-state index contributed by atoms with van der Waals surface area (Å²) in [5.41, 5.74) is 0. The number of rotatable bonds is 5. The number of carboxylic acids is 1. The molecule has 0 fully saturated rings. The lowest BCUT2D eigenvalue weighted by atomic mass is 10.3. The molecule has 4 heteroatoms. The second kappa shape index (κ2) is 5.43. The molecule has 66 valence electrons. The van der Waals surface area contributed by atoms with Crippen molar-refractivity contribution in [2.75, 3.05) is 25.4 Å². The molecule has 0 aliphatic heterocycles. The number of carbonyl (C=O) groups is 1. The molecule has 0 aliphatic carbocycles. The number of carboxylic acid groups (broad SMARTS) is 1. The van der Waals surface area contributed by atoms with Crippen LogP contribution in [0.15, 0.2) is 0 Å². The molecule has 0 aromatic carbocycles. The third-order valence-corrected chi connectivity index (χ3v) is 2.40. The first-order chi connectivity index (χ1) is 5.07. The Kier molecular flexibility index (Phi) is 5.32. The van der Waals surface area contributed by atoms with Gasteiger partial charge in [-0.2, -0.15) is 0 Å². The van der Waals surface area contributed by atoms with Crippen LogP contribution in [0.2, 0.25) is 0 Å². The fourth-order valence-corrected chi connectivity index (χ4v) is 1.37. The molecule has 3 nitrogen and oxygen atoms in total. The maximum Gasteiger partial charge on any atom is 0.332 e. The minimum absolute atomic E-state index is 0.302. The molecule has 0 amide bonds. The van der Waals surface area contributed by atoms with Crippen LogP contribution in [0.5, 0.6) is 0 Å².